The Morgan fingerprint density at radius 3 is 2.92 bits per heavy atom. The molecule has 0 saturated carbocycles. The molecule has 0 aliphatic rings. The second-order valence-electron chi connectivity index (χ2n) is 3.03. The molecule has 13 heavy (non-hydrogen) atoms. The quantitative estimate of drug-likeness (QED) is 0.722. The van der Waals surface area contributed by atoms with E-state index >= 15 is 0 Å². The summed E-state index contributed by atoms with van der Waals surface area (Å²) >= 11 is 0.897. The molecule has 0 aliphatic carbocycles. The number of nitrogens with zero attached hydrogens (tertiary/aromatic N) is 1. The van der Waals surface area contributed by atoms with Crippen molar-refractivity contribution in [1.82, 2.24) is 4.98 Å². The van der Waals surface area contributed by atoms with Gasteiger partial charge in [-0.25, -0.2) is 0 Å². The molecule has 3 heteroatoms. The van der Waals surface area contributed by atoms with Gasteiger partial charge in [0.2, 0.25) is 0 Å². The Morgan fingerprint density at radius 1 is 1.38 bits per heavy atom. The van der Waals surface area contributed by atoms with Crippen LogP contribution in [-0.2, 0) is 0 Å². The molecule has 1 heterocycles. The van der Waals surface area contributed by atoms with E-state index in [1.54, 1.807) is 6.20 Å². The third-order valence-corrected chi connectivity index (χ3v) is 3.30. The van der Waals surface area contributed by atoms with Gasteiger partial charge < -0.3 is 0 Å². The van der Waals surface area contributed by atoms with Gasteiger partial charge in [0.25, 0.3) is 0 Å². The van der Waals surface area contributed by atoms with Gasteiger partial charge in [-0.3, -0.25) is 0 Å². The van der Waals surface area contributed by atoms with E-state index in [2.05, 4.69) is 4.98 Å². The predicted molar refractivity (Wildman–Crippen MR) is 54.9 cm³/mol. The Hall–Kier alpha value is -0.771. The van der Waals surface area contributed by atoms with Gasteiger partial charge >= 0.3 is 89.7 Å². The summed E-state index contributed by atoms with van der Waals surface area (Å²) in [5.74, 6) is 0.399. The van der Waals surface area contributed by atoms with Crippen LogP contribution in [0.1, 0.15) is 5.56 Å². The molecule has 0 unspecified atom stereocenters. The summed E-state index contributed by atoms with van der Waals surface area (Å²) in [5, 5.41) is 10.6. The van der Waals surface area contributed by atoms with Gasteiger partial charge in [-0.2, -0.15) is 0 Å². The summed E-state index contributed by atoms with van der Waals surface area (Å²) in [7, 11) is 0. The zero-order valence-corrected chi connectivity index (χ0v) is 10.6. The summed E-state index contributed by atoms with van der Waals surface area (Å²) < 4.78 is 0.948. The summed E-state index contributed by atoms with van der Waals surface area (Å²) in [6, 6.07) is 5.85. The number of benzene rings is 1. The fourth-order valence-corrected chi connectivity index (χ4v) is 2.03. The van der Waals surface area contributed by atoms with Crippen LogP contribution in [0.2, 0.25) is 0 Å². The molecule has 0 amide bonds. The molecule has 2 aromatic rings. The summed E-state index contributed by atoms with van der Waals surface area (Å²) in [4.78, 5) is 4.31. The zero-order chi connectivity index (χ0) is 9.42. The zero-order valence-electron chi connectivity index (χ0n) is 7.28. The first-order valence-corrected chi connectivity index (χ1v) is 5.67. The van der Waals surface area contributed by atoms with Crippen LogP contribution < -0.4 is 3.58 Å². The molecule has 2 nitrogen and oxygen atoms in total. The number of rotatable bonds is 0. The molecular formula is C10H9NOSn. The van der Waals surface area contributed by atoms with Crippen molar-refractivity contribution in [2.45, 2.75) is 6.92 Å². The van der Waals surface area contributed by atoms with E-state index in [0.29, 0.717) is 5.75 Å². The summed E-state index contributed by atoms with van der Waals surface area (Å²) in [5.41, 5.74) is 2.01. The van der Waals surface area contributed by atoms with Crippen LogP contribution in [0.15, 0.2) is 24.4 Å². The van der Waals surface area contributed by atoms with Gasteiger partial charge in [-0.05, 0) is 0 Å². The SMILES string of the molecule is Cc1cccc2c(O)[c]([SnH])cnc12. The normalized spacial score (nSPS) is 10.6. The van der Waals surface area contributed by atoms with Crippen LogP contribution in [0.5, 0.6) is 5.75 Å². The van der Waals surface area contributed by atoms with Gasteiger partial charge in [-0.15, -0.1) is 0 Å². The molecular weight excluding hydrogens is 269 g/mol. The second-order valence-corrected chi connectivity index (χ2v) is 4.81. The van der Waals surface area contributed by atoms with Crippen LogP contribution in [0.3, 0.4) is 0 Å². The molecule has 2 rings (SSSR count). The van der Waals surface area contributed by atoms with E-state index in [1.165, 1.54) is 0 Å². The molecule has 1 aromatic carbocycles. The van der Waals surface area contributed by atoms with E-state index in [0.717, 1.165) is 42.6 Å². The van der Waals surface area contributed by atoms with E-state index in [1.807, 2.05) is 25.1 Å². The Kier molecular flexibility index (Phi) is 2.15. The molecule has 1 aromatic heterocycles. The van der Waals surface area contributed by atoms with Gasteiger partial charge in [0.1, 0.15) is 0 Å². The van der Waals surface area contributed by atoms with Gasteiger partial charge in [0, 0.05) is 0 Å². The Balaban J connectivity index is 2.94. The number of aryl methyl sites for hydroxylation is 1. The van der Waals surface area contributed by atoms with Crippen LogP contribution in [0.4, 0.5) is 0 Å². The van der Waals surface area contributed by atoms with Crippen molar-refractivity contribution in [2.24, 2.45) is 0 Å². The van der Waals surface area contributed by atoms with Gasteiger partial charge in [0.05, 0.1) is 0 Å². The van der Waals surface area contributed by atoms with Crippen molar-refractivity contribution in [1.29, 1.82) is 0 Å². The van der Waals surface area contributed by atoms with Crippen molar-refractivity contribution < 1.29 is 5.11 Å². The number of aromatic nitrogens is 1. The first kappa shape index (κ1) is 8.81. The fourth-order valence-electron chi connectivity index (χ4n) is 1.37. The molecule has 0 bridgehead atoms. The molecule has 0 saturated heterocycles. The number of hydrogen-bond donors (Lipinski definition) is 1. The number of para-hydroxylation sites is 1. The molecule has 0 aliphatic heterocycles. The first-order chi connectivity index (χ1) is 6.20. The van der Waals surface area contributed by atoms with Gasteiger partial charge in [0.15, 0.2) is 0 Å². The van der Waals surface area contributed by atoms with Crippen molar-refractivity contribution in [3.05, 3.63) is 30.0 Å². The van der Waals surface area contributed by atoms with Crippen molar-refractivity contribution >= 4 is 37.0 Å². The molecule has 64 valence electrons. The molecule has 0 fully saturated rings. The number of pyridine rings is 1. The summed E-state index contributed by atoms with van der Waals surface area (Å²) in [6.07, 6.45) is 1.76. The monoisotopic (exact) mass is 279 g/mol. The van der Waals surface area contributed by atoms with E-state index in [4.69, 9.17) is 0 Å². The van der Waals surface area contributed by atoms with E-state index in [-0.39, 0.29) is 0 Å². The predicted octanol–water partition coefficient (Wildman–Crippen LogP) is 0.775. The van der Waals surface area contributed by atoms with E-state index < -0.39 is 0 Å². The van der Waals surface area contributed by atoms with Crippen LogP contribution in [-0.4, -0.2) is 32.6 Å². The Bertz CT molecular complexity index is 468. The van der Waals surface area contributed by atoms with Crippen LogP contribution >= 0.6 is 0 Å². The Labute approximate surface area is 89.7 Å². The number of hydrogen-bond acceptors (Lipinski definition) is 2. The van der Waals surface area contributed by atoms with Crippen molar-refractivity contribution in [2.75, 3.05) is 0 Å². The maximum absolute atomic E-state index is 9.78. The topological polar surface area (TPSA) is 33.1 Å². The number of aromatic hydroxyl groups is 1. The molecule has 2 radical (unpaired) electrons. The Morgan fingerprint density at radius 2 is 2.15 bits per heavy atom. The minimum absolute atomic E-state index is 0.399. The first-order valence-electron chi connectivity index (χ1n) is 4.03. The average Bonchev–Trinajstić information content (AvgIpc) is 2.12. The van der Waals surface area contributed by atoms with E-state index in [9.17, 15) is 5.11 Å². The van der Waals surface area contributed by atoms with Gasteiger partial charge in [-0.1, -0.05) is 0 Å². The fraction of sp³-hybridized carbons (Fsp3) is 0.100. The molecule has 1 N–H and O–H groups in total. The van der Waals surface area contributed by atoms with Crippen molar-refractivity contribution in [3.8, 4) is 5.75 Å². The third-order valence-electron chi connectivity index (χ3n) is 2.10. The molecule has 0 atom stereocenters. The minimum atomic E-state index is 0.399. The third kappa shape index (κ3) is 1.39. The number of fused-ring (bicyclic) bond motifs is 1. The van der Waals surface area contributed by atoms with Crippen molar-refractivity contribution in [3.63, 3.8) is 0 Å². The van der Waals surface area contributed by atoms with Crippen LogP contribution in [0, 0.1) is 6.92 Å². The standard InChI is InChI=1S/C10H8NO.Sn.H/c1-7-3-2-4-8-9(12)5-6-11-10(7)8;;/h2-4,6H,1H3,(H,11,12);;. The molecule has 0 spiro atoms. The summed E-state index contributed by atoms with van der Waals surface area (Å²) in [6.45, 7) is 2.00. The maximum atomic E-state index is 9.78. The average molecular weight is 278 g/mol. The second kappa shape index (κ2) is 3.18. The van der Waals surface area contributed by atoms with Crippen LogP contribution in [0.25, 0.3) is 10.9 Å².